The Morgan fingerprint density at radius 1 is 0.682 bits per heavy atom. The lowest BCUT2D eigenvalue weighted by molar-refractivity contribution is -0.276. The van der Waals surface area contributed by atoms with E-state index in [2.05, 4.69) is 11.3 Å². The second-order valence-electron chi connectivity index (χ2n) is 9.37. The van der Waals surface area contributed by atoms with Crippen LogP contribution in [0.1, 0.15) is 29.5 Å². The molecule has 0 saturated heterocycles. The van der Waals surface area contributed by atoms with Crippen LogP contribution in [-0.4, -0.2) is 6.36 Å². The van der Waals surface area contributed by atoms with E-state index in [-0.39, 0.29) is 40.7 Å². The summed E-state index contributed by atoms with van der Waals surface area (Å²) in [6.07, 6.45) is -1.72. The van der Waals surface area contributed by atoms with Crippen LogP contribution in [0.15, 0.2) is 85.2 Å². The van der Waals surface area contributed by atoms with Crippen molar-refractivity contribution in [3.05, 3.63) is 131 Å². The number of hydrogen-bond acceptors (Lipinski definition) is 1. The van der Waals surface area contributed by atoms with Crippen LogP contribution in [0.4, 0.5) is 43.9 Å². The van der Waals surface area contributed by atoms with E-state index in [1.54, 1.807) is 0 Å². The predicted octanol–water partition coefficient (Wildman–Crippen LogP) is 11.4. The lowest BCUT2D eigenvalue weighted by atomic mass is 9.97. The van der Waals surface area contributed by atoms with Gasteiger partial charge < -0.3 is 4.74 Å². The van der Waals surface area contributed by atoms with Crippen LogP contribution < -0.4 is 4.74 Å². The van der Waals surface area contributed by atoms with Gasteiger partial charge in [-0.1, -0.05) is 54.6 Å². The number of alkyl halides is 3. The Morgan fingerprint density at radius 3 is 1.80 bits per heavy atom. The maximum atomic E-state index is 15.1. The lowest BCUT2D eigenvalue weighted by Crippen LogP contribution is -2.19. The first-order valence-electron chi connectivity index (χ1n) is 12.7. The van der Waals surface area contributed by atoms with Gasteiger partial charge in [-0.3, -0.25) is 0 Å². The molecule has 0 saturated carbocycles. The monoisotopic (exact) mass is 622 g/mol. The van der Waals surface area contributed by atoms with E-state index >= 15 is 8.78 Å². The third-order valence-corrected chi connectivity index (χ3v) is 6.30. The van der Waals surface area contributed by atoms with E-state index in [1.807, 2.05) is 0 Å². The minimum atomic E-state index is -5.32. The van der Waals surface area contributed by atoms with E-state index in [9.17, 15) is 35.1 Å². The van der Waals surface area contributed by atoms with Gasteiger partial charge in [-0.2, -0.15) is 0 Å². The van der Waals surface area contributed by atoms with Crippen LogP contribution in [0.2, 0.25) is 0 Å². The molecule has 228 valence electrons. The number of allylic oxidation sites excluding steroid dienone is 2. The van der Waals surface area contributed by atoms with E-state index in [0.29, 0.717) is 17.7 Å². The molecule has 0 spiro atoms. The van der Waals surface area contributed by atoms with Gasteiger partial charge in [-0.25, -0.2) is 30.7 Å². The van der Waals surface area contributed by atoms with Gasteiger partial charge in [0.15, 0.2) is 17.5 Å². The second kappa shape index (κ2) is 13.2. The molecular weight excluding hydrogens is 602 g/mol. The number of hydrogen-bond donors (Lipinski definition) is 0. The maximum Gasteiger partial charge on any atom is 0.573 e. The molecule has 0 unspecified atom stereocenters. The van der Waals surface area contributed by atoms with Crippen molar-refractivity contribution in [1.29, 1.82) is 0 Å². The summed E-state index contributed by atoms with van der Waals surface area (Å²) >= 11 is 0. The highest BCUT2D eigenvalue weighted by Gasteiger charge is 2.34. The number of benzene rings is 4. The summed E-state index contributed by atoms with van der Waals surface area (Å²) in [6.45, 7) is 3.45. The van der Waals surface area contributed by atoms with E-state index in [4.69, 9.17) is 0 Å². The fourth-order valence-electron chi connectivity index (χ4n) is 4.21. The van der Waals surface area contributed by atoms with Crippen molar-refractivity contribution in [1.82, 2.24) is 0 Å². The van der Waals surface area contributed by atoms with Crippen LogP contribution in [0.3, 0.4) is 0 Å². The zero-order valence-corrected chi connectivity index (χ0v) is 22.4. The van der Waals surface area contributed by atoms with Gasteiger partial charge in [0.25, 0.3) is 0 Å². The van der Waals surface area contributed by atoms with Gasteiger partial charge in [0, 0.05) is 17.5 Å². The summed E-state index contributed by atoms with van der Waals surface area (Å²) in [5.74, 6) is -9.98. The zero-order chi connectivity index (χ0) is 32.2. The fourth-order valence-corrected chi connectivity index (χ4v) is 4.21. The predicted molar refractivity (Wildman–Crippen MR) is 148 cm³/mol. The van der Waals surface area contributed by atoms with Gasteiger partial charge in [-0.15, -0.1) is 19.8 Å². The molecule has 0 bridgehead atoms. The molecule has 0 N–H and O–H groups in total. The molecule has 0 atom stereocenters. The first kappa shape index (κ1) is 32.1. The van der Waals surface area contributed by atoms with Crippen LogP contribution in [0, 0.1) is 29.1 Å². The summed E-state index contributed by atoms with van der Waals surface area (Å²) in [4.78, 5) is 0. The molecule has 4 aromatic carbocycles. The third kappa shape index (κ3) is 7.58. The third-order valence-electron chi connectivity index (χ3n) is 6.30. The van der Waals surface area contributed by atoms with E-state index in [1.165, 1.54) is 36.4 Å². The molecule has 0 aliphatic carbocycles. The fraction of sp³-hybridized carbons (Fsp3) is 0.0909. The van der Waals surface area contributed by atoms with Crippen molar-refractivity contribution in [2.24, 2.45) is 0 Å². The van der Waals surface area contributed by atoms with Crippen molar-refractivity contribution in [2.45, 2.75) is 19.2 Å². The molecule has 4 rings (SSSR count). The van der Waals surface area contributed by atoms with Gasteiger partial charge >= 0.3 is 6.36 Å². The quantitative estimate of drug-likeness (QED) is 0.103. The average Bonchev–Trinajstić information content (AvgIpc) is 2.96. The topological polar surface area (TPSA) is 9.23 Å². The maximum absolute atomic E-state index is 15.1. The normalized spacial score (nSPS) is 12.4. The highest BCUT2D eigenvalue weighted by Crippen LogP contribution is 2.34. The molecule has 0 fully saturated rings. The van der Waals surface area contributed by atoms with Crippen molar-refractivity contribution in [2.75, 3.05) is 0 Å². The molecular formula is C33H20F10O. The van der Waals surface area contributed by atoms with E-state index < -0.39 is 58.4 Å². The summed E-state index contributed by atoms with van der Waals surface area (Å²) in [5, 5.41) is 0. The molecule has 0 radical (unpaired) electrons. The molecule has 0 aromatic heterocycles. The Kier molecular flexibility index (Phi) is 9.66. The molecule has 11 heteroatoms. The van der Waals surface area contributed by atoms with Crippen LogP contribution in [-0.2, 0) is 0 Å². The number of rotatable bonds is 9. The zero-order valence-electron chi connectivity index (χ0n) is 22.4. The van der Waals surface area contributed by atoms with E-state index in [0.717, 1.165) is 36.4 Å². The molecule has 1 nitrogen and oxygen atoms in total. The van der Waals surface area contributed by atoms with Crippen molar-refractivity contribution < 1.29 is 48.6 Å². The standard InChI is InChI=1S/C33H20F10O/c1-2-3-4-24(34)31(40)21-10-7-19(8-11-21)23-16-26(36)30(27(37)17-23)22-12-9-20(25(35)15-22)6-5-18-13-28(38)32(29(39)14-18)44-33(41,42)43/h2,5-17H,1,3-4H2/b6-5+,31-24+. The number of halogens is 10. The van der Waals surface area contributed by atoms with Crippen molar-refractivity contribution in [3.63, 3.8) is 0 Å². The Balaban J connectivity index is 1.56. The van der Waals surface area contributed by atoms with Gasteiger partial charge in [-0.05, 0) is 59.0 Å². The largest absolute Gasteiger partial charge is 0.573 e. The van der Waals surface area contributed by atoms with Crippen LogP contribution in [0.25, 0.3) is 40.2 Å². The Hall–Kier alpha value is -4.80. The van der Waals surface area contributed by atoms with Crippen LogP contribution in [0.5, 0.6) is 5.75 Å². The summed E-state index contributed by atoms with van der Waals surface area (Å²) in [6, 6.07) is 11.5. The highest BCUT2D eigenvalue weighted by atomic mass is 19.4. The molecule has 0 aliphatic heterocycles. The molecule has 4 aromatic rings. The first-order chi connectivity index (χ1) is 20.8. The molecule has 0 aliphatic rings. The Labute approximate surface area is 245 Å². The smallest absolute Gasteiger partial charge is 0.399 e. The average molecular weight is 623 g/mol. The van der Waals surface area contributed by atoms with Crippen molar-refractivity contribution >= 4 is 18.0 Å². The van der Waals surface area contributed by atoms with Gasteiger partial charge in [0.1, 0.15) is 23.3 Å². The lowest BCUT2D eigenvalue weighted by Gasteiger charge is -2.11. The molecule has 44 heavy (non-hydrogen) atoms. The minimum absolute atomic E-state index is 0.0553. The summed E-state index contributed by atoms with van der Waals surface area (Å²) in [7, 11) is 0. The second-order valence-corrected chi connectivity index (χ2v) is 9.37. The summed E-state index contributed by atoms with van der Waals surface area (Å²) < 4.78 is 141. The minimum Gasteiger partial charge on any atom is -0.399 e. The Morgan fingerprint density at radius 2 is 1.25 bits per heavy atom. The molecule has 0 heterocycles. The first-order valence-corrected chi connectivity index (χ1v) is 12.7. The van der Waals surface area contributed by atoms with Gasteiger partial charge in [0.2, 0.25) is 5.75 Å². The van der Waals surface area contributed by atoms with Crippen molar-refractivity contribution in [3.8, 4) is 28.0 Å². The highest BCUT2D eigenvalue weighted by molar-refractivity contribution is 5.76. The SMILES string of the molecule is C=CCC/C(F)=C(\F)c1ccc(-c2cc(F)c(-c3ccc(/C=C/c4cc(F)c(OC(F)(F)F)c(F)c4)c(F)c3)c(F)c2)cc1. The molecule has 0 amide bonds. The van der Waals surface area contributed by atoms with Gasteiger partial charge in [0.05, 0.1) is 5.56 Å². The number of ether oxygens (including phenoxy) is 1. The summed E-state index contributed by atoms with van der Waals surface area (Å²) in [5.41, 5.74) is -0.819. The van der Waals surface area contributed by atoms with Crippen LogP contribution >= 0.6 is 0 Å². The Bertz CT molecular complexity index is 1710.